The van der Waals surface area contributed by atoms with Crippen LogP contribution >= 0.6 is 37.2 Å². The minimum absolute atomic E-state index is 0. The Morgan fingerprint density at radius 1 is 0.657 bits per heavy atom. The van der Waals surface area contributed by atoms with E-state index in [-0.39, 0.29) is 49.2 Å². The SMILES string of the molecule is Cl.Cl.Cl.O=C1CCN(c2ccc(N3CCN(C4CCN(C5CCNCC5)CC4)CC3)cc2)C(=O)N1. The largest absolute Gasteiger partial charge is 0.369 e. The highest BCUT2D eigenvalue weighted by Crippen LogP contribution is 2.26. The first-order chi connectivity index (χ1) is 15.7. The fraction of sp³-hybridized carbons (Fsp3) is 0.667. The maximum absolute atomic E-state index is 12.1. The highest BCUT2D eigenvalue weighted by Gasteiger charge is 2.31. The molecule has 0 saturated carbocycles. The van der Waals surface area contributed by atoms with Crippen LogP contribution in [0.4, 0.5) is 16.2 Å². The molecule has 0 bridgehead atoms. The molecule has 1 aromatic rings. The van der Waals surface area contributed by atoms with Crippen LogP contribution in [0.1, 0.15) is 32.1 Å². The Bertz CT molecular complexity index is 808. The molecule has 198 valence electrons. The Hall–Kier alpha value is -1.29. The third-order valence-corrected chi connectivity index (χ3v) is 7.74. The highest BCUT2D eigenvalue weighted by atomic mass is 35.5. The standard InChI is InChI=1S/C24H36N6O2.3ClH/c31-23-9-14-30(24(32)26-23)22-3-1-19(2-4-22)28-15-17-29(18-16-28)21-7-12-27(13-8-21)20-5-10-25-11-6-20;;;/h1-4,20-21,25H,5-18H2,(H,26,31,32);3*1H. The van der Waals surface area contributed by atoms with E-state index in [9.17, 15) is 9.59 Å². The van der Waals surface area contributed by atoms with Crippen molar-refractivity contribution in [3.8, 4) is 0 Å². The molecular formula is C24H39Cl3N6O2. The number of hydrogen-bond donors (Lipinski definition) is 2. The van der Waals surface area contributed by atoms with Crippen LogP contribution in [0.5, 0.6) is 0 Å². The second-order valence-corrected chi connectivity index (χ2v) is 9.54. The number of nitrogens with zero attached hydrogens (tertiary/aromatic N) is 4. The van der Waals surface area contributed by atoms with E-state index >= 15 is 0 Å². The topological polar surface area (TPSA) is 71.2 Å². The molecule has 0 unspecified atom stereocenters. The fourth-order valence-electron chi connectivity index (χ4n) is 5.79. The van der Waals surface area contributed by atoms with E-state index in [1.54, 1.807) is 4.90 Å². The summed E-state index contributed by atoms with van der Waals surface area (Å²) in [6.45, 7) is 9.65. The van der Waals surface area contributed by atoms with Crippen molar-refractivity contribution in [1.82, 2.24) is 20.4 Å². The minimum Gasteiger partial charge on any atom is -0.369 e. The highest BCUT2D eigenvalue weighted by molar-refractivity contribution is 6.05. The molecule has 4 fully saturated rings. The van der Waals surface area contributed by atoms with Crippen LogP contribution < -0.4 is 20.4 Å². The number of urea groups is 1. The van der Waals surface area contributed by atoms with Gasteiger partial charge in [-0.1, -0.05) is 0 Å². The maximum Gasteiger partial charge on any atom is 0.328 e. The molecule has 1 aromatic carbocycles. The number of anilines is 2. The summed E-state index contributed by atoms with van der Waals surface area (Å²) in [5.74, 6) is -0.197. The Balaban J connectivity index is 0.00000144. The van der Waals surface area contributed by atoms with Gasteiger partial charge in [-0.3, -0.25) is 19.9 Å². The molecule has 0 aliphatic carbocycles. The Labute approximate surface area is 227 Å². The Kier molecular flexibility index (Phi) is 11.9. The molecule has 11 heteroatoms. The van der Waals surface area contributed by atoms with Crippen molar-refractivity contribution in [2.45, 2.75) is 44.2 Å². The van der Waals surface area contributed by atoms with Crippen molar-refractivity contribution in [2.24, 2.45) is 0 Å². The monoisotopic (exact) mass is 548 g/mol. The lowest BCUT2D eigenvalue weighted by atomic mass is 9.97. The molecule has 35 heavy (non-hydrogen) atoms. The predicted molar refractivity (Wildman–Crippen MR) is 148 cm³/mol. The number of piperidine rings is 2. The first-order valence-electron chi connectivity index (χ1n) is 12.3. The van der Waals surface area contributed by atoms with E-state index in [0.717, 1.165) is 44.0 Å². The molecule has 4 aliphatic heterocycles. The number of likely N-dealkylation sites (tertiary alicyclic amines) is 1. The van der Waals surface area contributed by atoms with Crippen LogP contribution in [0.2, 0.25) is 0 Å². The van der Waals surface area contributed by atoms with Gasteiger partial charge in [0.15, 0.2) is 0 Å². The number of rotatable bonds is 4. The number of hydrogen-bond acceptors (Lipinski definition) is 6. The zero-order valence-corrected chi connectivity index (χ0v) is 22.6. The van der Waals surface area contributed by atoms with E-state index in [1.807, 2.05) is 12.1 Å². The van der Waals surface area contributed by atoms with Crippen LogP contribution in [0.3, 0.4) is 0 Å². The van der Waals surface area contributed by atoms with Gasteiger partial charge < -0.3 is 15.1 Å². The quantitative estimate of drug-likeness (QED) is 0.602. The van der Waals surface area contributed by atoms with Gasteiger partial charge in [0.1, 0.15) is 0 Å². The van der Waals surface area contributed by atoms with Gasteiger partial charge in [0.25, 0.3) is 0 Å². The smallest absolute Gasteiger partial charge is 0.328 e. The van der Waals surface area contributed by atoms with E-state index in [4.69, 9.17) is 0 Å². The number of nitrogens with one attached hydrogen (secondary N) is 2. The molecule has 4 heterocycles. The lowest BCUT2D eigenvalue weighted by molar-refractivity contribution is -0.120. The molecule has 0 spiro atoms. The van der Waals surface area contributed by atoms with Gasteiger partial charge in [-0.05, 0) is 76.1 Å². The Morgan fingerprint density at radius 2 is 1.20 bits per heavy atom. The molecule has 0 radical (unpaired) electrons. The Morgan fingerprint density at radius 3 is 1.80 bits per heavy atom. The number of carbonyl (C=O) groups is 2. The lowest BCUT2D eigenvalue weighted by Crippen LogP contribution is -2.55. The number of halogens is 3. The number of carbonyl (C=O) groups excluding carboxylic acids is 2. The summed E-state index contributed by atoms with van der Waals surface area (Å²) >= 11 is 0. The summed E-state index contributed by atoms with van der Waals surface area (Å²) < 4.78 is 0. The van der Waals surface area contributed by atoms with Crippen LogP contribution in [0.25, 0.3) is 0 Å². The second kappa shape index (κ2) is 13.9. The van der Waals surface area contributed by atoms with Crippen molar-refractivity contribution in [3.63, 3.8) is 0 Å². The van der Waals surface area contributed by atoms with E-state index in [2.05, 4.69) is 37.5 Å². The molecule has 4 aliphatic rings. The third kappa shape index (κ3) is 7.14. The summed E-state index contributed by atoms with van der Waals surface area (Å²) in [4.78, 5) is 33.0. The molecule has 0 aromatic heterocycles. The van der Waals surface area contributed by atoms with Crippen LogP contribution in [0.15, 0.2) is 24.3 Å². The van der Waals surface area contributed by atoms with Gasteiger partial charge in [-0.2, -0.15) is 0 Å². The normalized spacial score (nSPS) is 23.1. The second-order valence-electron chi connectivity index (χ2n) is 9.54. The summed E-state index contributed by atoms with van der Waals surface area (Å²) in [6, 6.07) is 9.40. The van der Waals surface area contributed by atoms with Crippen molar-refractivity contribution in [1.29, 1.82) is 0 Å². The van der Waals surface area contributed by atoms with Gasteiger partial charge in [0.05, 0.1) is 0 Å². The van der Waals surface area contributed by atoms with E-state index in [1.165, 1.54) is 57.5 Å². The van der Waals surface area contributed by atoms with Gasteiger partial charge in [0.2, 0.25) is 5.91 Å². The van der Waals surface area contributed by atoms with Gasteiger partial charge >= 0.3 is 6.03 Å². The zero-order valence-electron chi connectivity index (χ0n) is 20.2. The van der Waals surface area contributed by atoms with Crippen molar-refractivity contribution >= 4 is 60.5 Å². The minimum atomic E-state index is -0.325. The van der Waals surface area contributed by atoms with Crippen molar-refractivity contribution in [3.05, 3.63) is 24.3 Å². The summed E-state index contributed by atoms with van der Waals surface area (Å²) in [7, 11) is 0. The van der Waals surface area contributed by atoms with Gasteiger partial charge in [-0.25, -0.2) is 4.79 Å². The lowest BCUT2D eigenvalue weighted by Gasteiger charge is -2.45. The molecule has 3 amide bonds. The van der Waals surface area contributed by atoms with Gasteiger partial charge in [0, 0.05) is 62.6 Å². The average Bonchev–Trinajstić information content (AvgIpc) is 2.85. The van der Waals surface area contributed by atoms with Crippen LogP contribution in [-0.4, -0.2) is 92.7 Å². The zero-order chi connectivity index (χ0) is 21.9. The number of benzene rings is 1. The molecular weight excluding hydrogens is 511 g/mol. The average molecular weight is 550 g/mol. The van der Waals surface area contributed by atoms with Crippen LogP contribution in [-0.2, 0) is 4.79 Å². The van der Waals surface area contributed by atoms with E-state index < -0.39 is 0 Å². The number of amides is 3. The molecule has 5 rings (SSSR count). The van der Waals surface area contributed by atoms with Crippen molar-refractivity contribution < 1.29 is 9.59 Å². The van der Waals surface area contributed by atoms with E-state index in [0.29, 0.717) is 13.0 Å². The predicted octanol–water partition coefficient (Wildman–Crippen LogP) is 2.74. The number of imide groups is 1. The summed E-state index contributed by atoms with van der Waals surface area (Å²) in [6.07, 6.45) is 5.58. The van der Waals surface area contributed by atoms with Gasteiger partial charge in [-0.15, -0.1) is 37.2 Å². The summed E-state index contributed by atoms with van der Waals surface area (Å²) in [5.41, 5.74) is 2.06. The fourth-order valence-corrected chi connectivity index (χ4v) is 5.79. The molecule has 8 nitrogen and oxygen atoms in total. The first kappa shape index (κ1) is 29.9. The first-order valence-corrected chi connectivity index (χ1v) is 12.3. The van der Waals surface area contributed by atoms with Crippen molar-refractivity contribution in [2.75, 3.05) is 68.7 Å². The molecule has 4 saturated heterocycles. The van der Waals surface area contributed by atoms with Crippen LogP contribution in [0, 0.1) is 0 Å². The maximum atomic E-state index is 12.1. The molecule has 0 atom stereocenters. The molecule has 2 N–H and O–H groups in total. The third-order valence-electron chi connectivity index (χ3n) is 7.74. The summed E-state index contributed by atoms with van der Waals surface area (Å²) in [5, 5.41) is 5.87. The number of piperazine rings is 1.